The fraction of sp³-hybridized carbons (Fsp3) is 0.700. The number of aliphatic carboxylic acids is 1. The summed E-state index contributed by atoms with van der Waals surface area (Å²) in [5.41, 5.74) is 2.98. The van der Waals surface area contributed by atoms with Crippen molar-refractivity contribution in [1.29, 1.82) is 0 Å². The van der Waals surface area contributed by atoms with E-state index in [-0.39, 0.29) is 11.4 Å². The molecule has 0 aromatic carbocycles. The number of cyclic esters (lactones) is 1. The van der Waals surface area contributed by atoms with Gasteiger partial charge in [0.05, 0.1) is 5.41 Å². The number of carbonyl (C=O) groups excluding carboxylic acids is 1. The topological polar surface area (TPSA) is 63.6 Å². The van der Waals surface area contributed by atoms with Gasteiger partial charge in [-0.25, -0.2) is 4.79 Å². The molecule has 0 amide bonds. The minimum atomic E-state index is -0.694. The Hall–Kier alpha value is -1.58. The maximum atomic E-state index is 11.9. The summed E-state index contributed by atoms with van der Waals surface area (Å²) in [7, 11) is 0. The van der Waals surface area contributed by atoms with Gasteiger partial charge >= 0.3 is 11.9 Å². The Morgan fingerprint density at radius 3 is 2.71 bits per heavy atom. The van der Waals surface area contributed by atoms with Crippen LogP contribution in [-0.4, -0.2) is 23.7 Å². The van der Waals surface area contributed by atoms with Crippen molar-refractivity contribution in [3.05, 3.63) is 22.8 Å². The molecule has 24 heavy (non-hydrogen) atoms. The van der Waals surface area contributed by atoms with Gasteiger partial charge in [-0.15, -0.1) is 0 Å². The summed E-state index contributed by atoms with van der Waals surface area (Å²) in [5.74, 6) is -0.377. The average Bonchev–Trinajstić information content (AvgIpc) is 2.95. The number of esters is 1. The molecule has 132 valence electrons. The highest BCUT2D eigenvalue weighted by atomic mass is 16.5. The first-order valence-corrected chi connectivity index (χ1v) is 9.10. The van der Waals surface area contributed by atoms with Crippen LogP contribution in [-0.2, 0) is 14.3 Å². The number of carbonyl (C=O) groups is 2. The van der Waals surface area contributed by atoms with Crippen LogP contribution in [0.4, 0.5) is 0 Å². The minimum Gasteiger partial charge on any atom is -0.481 e. The van der Waals surface area contributed by atoms with Crippen LogP contribution >= 0.6 is 0 Å². The highest BCUT2D eigenvalue weighted by molar-refractivity contribution is 5.85. The highest BCUT2D eigenvalue weighted by Gasteiger charge is 2.48. The molecule has 0 radical (unpaired) electrons. The first-order valence-electron chi connectivity index (χ1n) is 9.10. The van der Waals surface area contributed by atoms with Crippen LogP contribution in [0.25, 0.3) is 0 Å². The molecule has 3 aliphatic rings. The van der Waals surface area contributed by atoms with Crippen molar-refractivity contribution in [2.45, 2.75) is 65.7 Å². The summed E-state index contributed by atoms with van der Waals surface area (Å²) < 4.78 is 5.02. The lowest BCUT2D eigenvalue weighted by atomic mass is 9.55. The monoisotopic (exact) mass is 332 g/mol. The Morgan fingerprint density at radius 1 is 1.33 bits per heavy atom. The van der Waals surface area contributed by atoms with Crippen LogP contribution in [0, 0.1) is 16.7 Å². The van der Waals surface area contributed by atoms with Gasteiger partial charge in [0, 0.05) is 6.08 Å². The van der Waals surface area contributed by atoms with E-state index in [1.807, 2.05) is 6.92 Å². The second-order valence-corrected chi connectivity index (χ2v) is 8.22. The van der Waals surface area contributed by atoms with E-state index in [0.29, 0.717) is 12.5 Å². The lowest BCUT2D eigenvalue weighted by Gasteiger charge is -2.49. The molecule has 4 heteroatoms. The number of carboxylic acid groups (broad SMARTS) is 1. The molecule has 0 fully saturated rings. The molecule has 0 saturated heterocycles. The number of carboxylic acids is 1. The van der Waals surface area contributed by atoms with Gasteiger partial charge in [-0.3, -0.25) is 4.79 Å². The predicted molar refractivity (Wildman–Crippen MR) is 91.4 cm³/mol. The molecule has 0 spiro atoms. The van der Waals surface area contributed by atoms with Gasteiger partial charge in [-0.1, -0.05) is 25.0 Å². The zero-order valence-corrected chi connectivity index (χ0v) is 15.0. The Balaban J connectivity index is 1.91. The number of allylic oxidation sites excluding steroid dienone is 1. The Kier molecular flexibility index (Phi) is 4.35. The third-order valence-corrected chi connectivity index (χ3v) is 6.90. The molecule has 0 bridgehead atoms. The van der Waals surface area contributed by atoms with Crippen molar-refractivity contribution in [3.63, 3.8) is 0 Å². The largest absolute Gasteiger partial charge is 0.481 e. The van der Waals surface area contributed by atoms with Crippen LogP contribution in [0.1, 0.15) is 65.7 Å². The third-order valence-electron chi connectivity index (χ3n) is 6.90. The molecule has 3 atom stereocenters. The lowest BCUT2D eigenvalue weighted by molar-refractivity contribution is -0.146. The average molecular weight is 332 g/mol. The molecule has 1 N–H and O–H groups in total. The van der Waals surface area contributed by atoms with Crippen molar-refractivity contribution in [2.24, 2.45) is 16.7 Å². The standard InChI is InChI=1S/C20H28O4/c1-13-6-7-16-15(5-4-9-20(16,3)18(22)23)19(13,2)10-8-14-11-17(21)24-12-14/h11,13H,4-10,12H2,1-3H3,(H,22,23)/t13-,19+,20+/m1/s1. The van der Waals surface area contributed by atoms with Gasteiger partial charge in [-0.2, -0.15) is 0 Å². The molecular formula is C20H28O4. The Labute approximate surface area is 144 Å². The molecule has 1 aliphatic heterocycles. The smallest absolute Gasteiger partial charge is 0.331 e. The summed E-state index contributed by atoms with van der Waals surface area (Å²) >= 11 is 0. The quantitative estimate of drug-likeness (QED) is 0.617. The second-order valence-electron chi connectivity index (χ2n) is 8.22. The van der Waals surface area contributed by atoms with Crippen LogP contribution in [0.5, 0.6) is 0 Å². The van der Waals surface area contributed by atoms with E-state index >= 15 is 0 Å². The minimum absolute atomic E-state index is 0.0250. The zero-order chi connectivity index (χ0) is 17.5. The van der Waals surface area contributed by atoms with E-state index in [9.17, 15) is 14.7 Å². The van der Waals surface area contributed by atoms with E-state index in [2.05, 4.69) is 13.8 Å². The summed E-state index contributed by atoms with van der Waals surface area (Å²) in [6, 6.07) is 0. The number of ether oxygens (including phenoxy) is 1. The number of rotatable bonds is 4. The molecule has 1 heterocycles. The van der Waals surface area contributed by atoms with Crippen LogP contribution in [0.15, 0.2) is 22.8 Å². The fourth-order valence-corrected chi connectivity index (χ4v) is 4.90. The predicted octanol–water partition coefficient (Wildman–Crippen LogP) is 4.26. The molecule has 4 nitrogen and oxygen atoms in total. The molecule has 0 unspecified atom stereocenters. The van der Waals surface area contributed by atoms with Gasteiger partial charge in [0.1, 0.15) is 6.61 Å². The number of hydrogen-bond acceptors (Lipinski definition) is 3. The van der Waals surface area contributed by atoms with Crippen molar-refractivity contribution >= 4 is 11.9 Å². The maximum Gasteiger partial charge on any atom is 0.331 e. The fourth-order valence-electron chi connectivity index (χ4n) is 4.90. The second kappa shape index (κ2) is 6.05. The van der Waals surface area contributed by atoms with Crippen molar-refractivity contribution in [3.8, 4) is 0 Å². The highest BCUT2D eigenvalue weighted by Crippen LogP contribution is 2.57. The van der Waals surface area contributed by atoms with Crippen LogP contribution in [0.2, 0.25) is 0 Å². The van der Waals surface area contributed by atoms with E-state index in [1.165, 1.54) is 11.1 Å². The van der Waals surface area contributed by atoms with Gasteiger partial charge in [-0.05, 0) is 68.8 Å². The summed E-state index contributed by atoms with van der Waals surface area (Å²) in [6.07, 6.45) is 8.12. The molecule has 0 aromatic heterocycles. The molecule has 0 aromatic rings. The van der Waals surface area contributed by atoms with E-state index in [0.717, 1.165) is 50.5 Å². The van der Waals surface area contributed by atoms with E-state index < -0.39 is 11.4 Å². The van der Waals surface area contributed by atoms with E-state index in [4.69, 9.17) is 4.74 Å². The van der Waals surface area contributed by atoms with Gasteiger partial charge in [0.15, 0.2) is 0 Å². The van der Waals surface area contributed by atoms with Crippen molar-refractivity contribution < 1.29 is 19.4 Å². The maximum absolute atomic E-state index is 11.9. The lowest BCUT2D eigenvalue weighted by Crippen LogP contribution is -2.41. The first-order chi connectivity index (χ1) is 11.3. The van der Waals surface area contributed by atoms with Crippen molar-refractivity contribution in [2.75, 3.05) is 6.61 Å². The van der Waals surface area contributed by atoms with Gasteiger partial charge in [0.2, 0.25) is 0 Å². The van der Waals surface area contributed by atoms with Crippen molar-refractivity contribution in [1.82, 2.24) is 0 Å². The summed E-state index contributed by atoms with van der Waals surface area (Å²) in [5, 5.41) is 9.81. The number of hydrogen-bond donors (Lipinski definition) is 1. The summed E-state index contributed by atoms with van der Waals surface area (Å²) in [4.78, 5) is 23.2. The molecule has 2 aliphatic carbocycles. The normalized spacial score (nSPS) is 36.2. The van der Waals surface area contributed by atoms with E-state index in [1.54, 1.807) is 6.08 Å². The Morgan fingerprint density at radius 2 is 2.08 bits per heavy atom. The molecule has 0 saturated carbocycles. The SMILES string of the molecule is C[C@@H]1CCC2=C(CCC[C@]2(C)C(=O)O)[C@@]1(C)CCC1=CC(=O)OC1. The first kappa shape index (κ1) is 17.2. The molecular weight excluding hydrogens is 304 g/mol. The Bertz CT molecular complexity index is 630. The zero-order valence-electron chi connectivity index (χ0n) is 15.0. The van der Waals surface area contributed by atoms with Crippen LogP contribution < -0.4 is 0 Å². The van der Waals surface area contributed by atoms with Gasteiger partial charge in [0.25, 0.3) is 0 Å². The van der Waals surface area contributed by atoms with Gasteiger partial charge < -0.3 is 9.84 Å². The molecule has 3 rings (SSSR count). The third kappa shape index (κ3) is 2.70. The summed E-state index contributed by atoms with van der Waals surface area (Å²) in [6.45, 7) is 6.92. The van der Waals surface area contributed by atoms with Crippen LogP contribution in [0.3, 0.4) is 0 Å².